The van der Waals surface area contributed by atoms with E-state index in [-0.39, 0.29) is 12.0 Å². The van der Waals surface area contributed by atoms with Crippen LogP contribution in [0.25, 0.3) is 0 Å². The second-order valence-corrected chi connectivity index (χ2v) is 7.33. The molecule has 4 rings (SSSR count). The van der Waals surface area contributed by atoms with Crippen molar-refractivity contribution in [1.82, 2.24) is 10.3 Å². The highest BCUT2D eigenvalue weighted by Gasteiger charge is 2.22. The molecule has 2 aromatic carbocycles. The Bertz CT molecular complexity index is 905. The van der Waals surface area contributed by atoms with Crippen molar-refractivity contribution in [3.05, 3.63) is 76.2 Å². The first-order chi connectivity index (χ1) is 13.3. The average molecular weight is 380 g/mol. The predicted molar refractivity (Wildman–Crippen MR) is 104 cm³/mol. The Morgan fingerprint density at radius 2 is 2.00 bits per heavy atom. The quantitative estimate of drug-likeness (QED) is 0.672. The van der Waals surface area contributed by atoms with Crippen molar-refractivity contribution in [2.45, 2.75) is 25.5 Å². The molecule has 1 amide bonds. The number of carbonyl (C=O) groups excluding carboxylic acids is 1. The van der Waals surface area contributed by atoms with E-state index in [0.29, 0.717) is 11.4 Å². The highest BCUT2D eigenvalue weighted by Crippen LogP contribution is 2.31. The van der Waals surface area contributed by atoms with Crippen LogP contribution in [0.3, 0.4) is 0 Å². The summed E-state index contributed by atoms with van der Waals surface area (Å²) >= 11 is 1.40. The number of nitrogens with zero attached hydrogens (tertiary/aromatic N) is 1. The van der Waals surface area contributed by atoms with Crippen molar-refractivity contribution in [3.8, 4) is 11.5 Å². The van der Waals surface area contributed by atoms with Crippen LogP contribution in [0.15, 0.2) is 60.8 Å². The van der Waals surface area contributed by atoms with Gasteiger partial charge in [0.1, 0.15) is 27.5 Å². The topological polar surface area (TPSA) is 60.5 Å². The number of carbonyl (C=O) groups is 1. The maximum Gasteiger partial charge on any atom is 0.263 e. The maximum absolute atomic E-state index is 12.5. The lowest BCUT2D eigenvalue weighted by Crippen LogP contribution is -2.22. The first-order valence-electron chi connectivity index (χ1n) is 8.96. The molecule has 3 aromatic rings. The van der Waals surface area contributed by atoms with E-state index < -0.39 is 0 Å². The molecule has 138 valence electrons. The Hall–Kier alpha value is -2.70. The second kappa shape index (κ2) is 8.33. The summed E-state index contributed by atoms with van der Waals surface area (Å²) in [6.07, 6.45) is 3.68. The first kappa shape index (κ1) is 17.7. The molecule has 1 unspecified atom stereocenters. The van der Waals surface area contributed by atoms with Crippen LogP contribution in [0.1, 0.15) is 39.2 Å². The summed E-state index contributed by atoms with van der Waals surface area (Å²) in [5.74, 6) is 1.36. The van der Waals surface area contributed by atoms with Crippen LogP contribution in [0.2, 0.25) is 0 Å². The van der Waals surface area contributed by atoms with Gasteiger partial charge in [0.25, 0.3) is 5.91 Å². The van der Waals surface area contributed by atoms with E-state index in [4.69, 9.17) is 9.47 Å². The summed E-state index contributed by atoms with van der Waals surface area (Å²) in [6.45, 7) is 1.15. The van der Waals surface area contributed by atoms with Crippen LogP contribution < -0.4 is 10.1 Å². The van der Waals surface area contributed by atoms with E-state index in [2.05, 4.69) is 10.3 Å². The third kappa shape index (κ3) is 4.35. The van der Waals surface area contributed by atoms with Gasteiger partial charge in [-0.1, -0.05) is 36.4 Å². The number of thiazole rings is 1. The van der Waals surface area contributed by atoms with E-state index in [0.717, 1.165) is 41.5 Å². The van der Waals surface area contributed by atoms with Gasteiger partial charge in [0.05, 0.1) is 6.20 Å². The minimum absolute atomic E-state index is 0.0385. The zero-order valence-corrected chi connectivity index (χ0v) is 15.6. The summed E-state index contributed by atoms with van der Waals surface area (Å²) in [7, 11) is 0. The van der Waals surface area contributed by atoms with Crippen molar-refractivity contribution >= 4 is 17.2 Å². The van der Waals surface area contributed by atoms with Gasteiger partial charge in [-0.3, -0.25) is 4.79 Å². The molecule has 0 aliphatic carbocycles. The smallest absolute Gasteiger partial charge is 0.263 e. The number of ether oxygens (including phenoxy) is 2. The van der Waals surface area contributed by atoms with Crippen LogP contribution in [0.4, 0.5) is 0 Å². The zero-order chi connectivity index (χ0) is 18.5. The third-order valence-electron chi connectivity index (χ3n) is 4.34. The molecule has 1 fully saturated rings. The van der Waals surface area contributed by atoms with E-state index in [1.807, 2.05) is 54.6 Å². The molecule has 5 nitrogen and oxygen atoms in total. The van der Waals surface area contributed by atoms with Crippen molar-refractivity contribution in [3.63, 3.8) is 0 Å². The molecule has 1 aromatic heterocycles. The van der Waals surface area contributed by atoms with Crippen LogP contribution in [0.5, 0.6) is 11.5 Å². The highest BCUT2D eigenvalue weighted by atomic mass is 32.1. The number of hydrogen-bond acceptors (Lipinski definition) is 5. The lowest BCUT2D eigenvalue weighted by molar-refractivity contribution is 0.0954. The van der Waals surface area contributed by atoms with Gasteiger partial charge in [-0.15, -0.1) is 11.3 Å². The molecule has 1 saturated heterocycles. The highest BCUT2D eigenvalue weighted by molar-refractivity contribution is 7.13. The van der Waals surface area contributed by atoms with E-state index in [1.165, 1.54) is 11.3 Å². The number of para-hydroxylation sites is 2. The Morgan fingerprint density at radius 1 is 1.19 bits per heavy atom. The van der Waals surface area contributed by atoms with Crippen LogP contribution in [-0.4, -0.2) is 17.5 Å². The molecular formula is C21H20N2O3S. The monoisotopic (exact) mass is 380 g/mol. The van der Waals surface area contributed by atoms with Crippen molar-refractivity contribution < 1.29 is 14.3 Å². The fourth-order valence-corrected chi connectivity index (χ4v) is 3.86. The van der Waals surface area contributed by atoms with Crippen molar-refractivity contribution in [2.75, 3.05) is 6.61 Å². The van der Waals surface area contributed by atoms with Gasteiger partial charge in [0.2, 0.25) is 0 Å². The Morgan fingerprint density at radius 3 is 2.81 bits per heavy atom. The van der Waals surface area contributed by atoms with E-state index in [1.54, 1.807) is 6.20 Å². The van der Waals surface area contributed by atoms with Gasteiger partial charge in [0.15, 0.2) is 0 Å². The van der Waals surface area contributed by atoms with Gasteiger partial charge in [-0.2, -0.15) is 0 Å². The number of benzene rings is 2. The largest absolute Gasteiger partial charge is 0.457 e. The molecular weight excluding hydrogens is 360 g/mol. The van der Waals surface area contributed by atoms with Gasteiger partial charge in [-0.05, 0) is 31.0 Å². The predicted octanol–water partition coefficient (Wildman–Crippen LogP) is 4.72. The van der Waals surface area contributed by atoms with Crippen molar-refractivity contribution in [1.29, 1.82) is 0 Å². The Labute approximate surface area is 162 Å². The molecule has 1 atom stereocenters. The van der Waals surface area contributed by atoms with Gasteiger partial charge >= 0.3 is 0 Å². The molecule has 6 heteroatoms. The summed E-state index contributed by atoms with van der Waals surface area (Å²) in [5.41, 5.74) is 0.915. The summed E-state index contributed by atoms with van der Waals surface area (Å²) in [6, 6.07) is 17.3. The molecule has 27 heavy (non-hydrogen) atoms. The number of rotatable bonds is 6. The van der Waals surface area contributed by atoms with Gasteiger partial charge in [-0.25, -0.2) is 4.98 Å². The summed E-state index contributed by atoms with van der Waals surface area (Å²) in [5, 5.41) is 3.84. The fraction of sp³-hybridized carbons (Fsp3) is 0.238. The first-order valence-corrected chi connectivity index (χ1v) is 9.77. The van der Waals surface area contributed by atoms with Crippen LogP contribution >= 0.6 is 11.3 Å². The maximum atomic E-state index is 12.5. The number of aromatic nitrogens is 1. The molecule has 1 aliphatic rings. The van der Waals surface area contributed by atoms with Crippen LogP contribution in [-0.2, 0) is 11.3 Å². The Balaban J connectivity index is 1.40. The molecule has 2 heterocycles. The van der Waals surface area contributed by atoms with Gasteiger partial charge < -0.3 is 14.8 Å². The van der Waals surface area contributed by atoms with Gasteiger partial charge in [0, 0.05) is 18.7 Å². The molecule has 0 saturated carbocycles. The normalized spacial score (nSPS) is 16.2. The zero-order valence-electron chi connectivity index (χ0n) is 14.8. The van der Waals surface area contributed by atoms with E-state index in [9.17, 15) is 4.79 Å². The molecule has 1 N–H and O–H groups in total. The summed E-state index contributed by atoms with van der Waals surface area (Å²) < 4.78 is 11.6. The lowest BCUT2D eigenvalue weighted by atomic mass is 10.2. The number of amides is 1. The molecule has 1 aliphatic heterocycles. The molecule has 0 spiro atoms. The average Bonchev–Trinajstić information content (AvgIpc) is 3.39. The van der Waals surface area contributed by atoms with E-state index >= 15 is 0 Å². The standard InChI is InChI=1S/C21H20N2O3S/c24-20(19-14-23-21(27-19)18-11-6-12-25-18)22-13-15-7-4-5-10-17(15)26-16-8-2-1-3-9-16/h1-5,7-10,14,18H,6,11-13H2,(H,22,24). The fourth-order valence-electron chi connectivity index (χ4n) is 2.94. The molecule has 0 radical (unpaired) electrons. The minimum atomic E-state index is -0.133. The van der Waals surface area contributed by atoms with Crippen molar-refractivity contribution in [2.24, 2.45) is 0 Å². The third-order valence-corrected chi connectivity index (χ3v) is 5.42. The SMILES string of the molecule is O=C(NCc1ccccc1Oc1ccccc1)c1cnc(C2CCCO2)s1. The number of hydrogen-bond donors (Lipinski definition) is 1. The number of nitrogens with one attached hydrogen (secondary N) is 1. The Kier molecular flexibility index (Phi) is 5.46. The summed E-state index contributed by atoms with van der Waals surface area (Å²) in [4.78, 5) is 17.4. The lowest BCUT2D eigenvalue weighted by Gasteiger charge is -2.11. The second-order valence-electron chi connectivity index (χ2n) is 6.27. The molecule has 0 bridgehead atoms. The van der Waals surface area contributed by atoms with Crippen LogP contribution in [0, 0.1) is 0 Å². The minimum Gasteiger partial charge on any atom is -0.457 e.